The monoisotopic (exact) mass is 376 g/mol. The lowest BCUT2D eigenvalue weighted by Crippen LogP contribution is -2.34. The van der Waals surface area contributed by atoms with Crippen LogP contribution >= 0.6 is 11.6 Å². The first-order valence-corrected chi connectivity index (χ1v) is 8.83. The molecular formula is C20H22ClFN2O2. The molecule has 0 aliphatic heterocycles. The standard InChI is InChI=1S/C20H22ClFN2O2/c1-15(25)24(14-17-4-2-3-5-19(17)21)13-11-20(26)23-12-10-16-6-8-18(22)9-7-16/h2-9H,10-14H2,1H3,(H,23,26). The molecule has 0 saturated carbocycles. The van der Waals surface area contributed by atoms with Crippen molar-refractivity contribution in [3.63, 3.8) is 0 Å². The summed E-state index contributed by atoms with van der Waals surface area (Å²) in [6.45, 7) is 2.64. The molecule has 0 aromatic heterocycles. The molecule has 0 spiro atoms. The summed E-state index contributed by atoms with van der Waals surface area (Å²) in [6.07, 6.45) is 0.843. The van der Waals surface area contributed by atoms with Crippen molar-refractivity contribution >= 4 is 23.4 Å². The Balaban J connectivity index is 1.77. The molecule has 0 bridgehead atoms. The number of halogens is 2. The van der Waals surface area contributed by atoms with E-state index in [4.69, 9.17) is 11.6 Å². The third-order valence-electron chi connectivity index (χ3n) is 4.02. The quantitative estimate of drug-likeness (QED) is 0.765. The van der Waals surface area contributed by atoms with Crippen molar-refractivity contribution in [2.24, 2.45) is 0 Å². The first kappa shape index (κ1) is 19.9. The third-order valence-corrected chi connectivity index (χ3v) is 4.39. The van der Waals surface area contributed by atoms with Gasteiger partial charge in [0.25, 0.3) is 0 Å². The van der Waals surface area contributed by atoms with E-state index in [9.17, 15) is 14.0 Å². The molecule has 0 heterocycles. The average Bonchev–Trinajstić information content (AvgIpc) is 2.61. The van der Waals surface area contributed by atoms with Gasteiger partial charge in [0.15, 0.2) is 0 Å². The van der Waals surface area contributed by atoms with Crippen LogP contribution in [0.25, 0.3) is 0 Å². The molecule has 138 valence electrons. The highest BCUT2D eigenvalue weighted by Crippen LogP contribution is 2.17. The van der Waals surface area contributed by atoms with Crippen LogP contribution in [0.1, 0.15) is 24.5 Å². The summed E-state index contributed by atoms with van der Waals surface area (Å²) in [6, 6.07) is 13.5. The Hall–Kier alpha value is -2.40. The summed E-state index contributed by atoms with van der Waals surface area (Å²) in [4.78, 5) is 25.4. The van der Waals surface area contributed by atoms with Gasteiger partial charge in [-0.05, 0) is 35.7 Å². The lowest BCUT2D eigenvalue weighted by Gasteiger charge is -2.21. The largest absolute Gasteiger partial charge is 0.356 e. The van der Waals surface area contributed by atoms with Crippen molar-refractivity contribution in [2.45, 2.75) is 26.3 Å². The molecule has 2 aromatic rings. The number of nitrogens with one attached hydrogen (secondary N) is 1. The fourth-order valence-corrected chi connectivity index (χ4v) is 2.70. The van der Waals surface area contributed by atoms with Gasteiger partial charge in [-0.1, -0.05) is 41.9 Å². The molecule has 2 amide bonds. The number of carbonyl (C=O) groups is 2. The maximum atomic E-state index is 12.8. The molecule has 0 saturated heterocycles. The molecule has 1 N–H and O–H groups in total. The lowest BCUT2D eigenvalue weighted by molar-refractivity contribution is -0.130. The second-order valence-corrected chi connectivity index (χ2v) is 6.42. The van der Waals surface area contributed by atoms with E-state index >= 15 is 0 Å². The number of hydrogen-bond acceptors (Lipinski definition) is 2. The summed E-state index contributed by atoms with van der Waals surface area (Å²) in [5.41, 5.74) is 1.80. The smallest absolute Gasteiger partial charge is 0.221 e. The Kier molecular flexibility index (Phi) is 7.60. The van der Waals surface area contributed by atoms with Gasteiger partial charge in [-0.3, -0.25) is 9.59 Å². The minimum atomic E-state index is -0.277. The van der Waals surface area contributed by atoms with E-state index in [1.165, 1.54) is 19.1 Å². The Morgan fingerprint density at radius 3 is 2.46 bits per heavy atom. The third kappa shape index (κ3) is 6.48. The van der Waals surface area contributed by atoms with Gasteiger partial charge in [-0.2, -0.15) is 0 Å². The molecule has 0 aliphatic rings. The number of hydrogen-bond donors (Lipinski definition) is 1. The van der Waals surface area contributed by atoms with Gasteiger partial charge in [-0.15, -0.1) is 0 Å². The van der Waals surface area contributed by atoms with Crippen molar-refractivity contribution in [3.05, 3.63) is 70.5 Å². The molecule has 2 rings (SSSR count). The van der Waals surface area contributed by atoms with Gasteiger partial charge in [-0.25, -0.2) is 4.39 Å². The van der Waals surface area contributed by atoms with Gasteiger partial charge in [0.1, 0.15) is 5.82 Å². The molecule has 0 aliphatic carbocycles. The second kappa shape index (κ2) is 9.92. The Bertz CT molecular complexity index is 750. The first-order chi connectivity index (χ1) is 12.5. The number of nitrogens with zero attached hydrogens (tertiary/aromatic N) is 1. The topological polar surface area (TPSA) is 49.4 Å². The summed E-state index contributed by atoms with van der Waals surface area (Å²) in [5, 5.41) is 3.42. The van der Waals surface area contributed by atoms with E-state index in [0.29, 0.717) is 31.1 Å². The Morgan fingerprint density at radius 1 is 1.12 bits per heavy atom. The molecule has 0 fully saturated rings. The number of benzene rings is 2. The van der Waals surface area contributed by atoms with Gasteiger partial charge in [0.05, 0.1) is 0 Å². The van der Waals surface area contributed by atoms with Crippen LogP contribution in [0.3, 0.4) is 0 Å². The van der Waals surface area contributed by atoms with E-state index in [-0.39, 0.29) is 24.1 Å². The van der Waals surface area contributed by atoms with E-state index < -0.39 is 0 Å². The maximum absolute atomic E-state index is 12.8. The average molecular weight is 377 g/mol. The Labute approximate surface area is 158 Å². The normalized spacial score (nSPS) is 10.4. The number of carbonyl (C=O) groups excluding carboxylic acids is 2. The maximum Gasteiger partial charge on any atom is 0.221 e. The number of rotatable bonds is 8. The van der Waals surface area contributed by atoms with Crippen LogP contribution in [0.4, 0.5) is 4.39 Å². The predicted molar refractivity (Wildman–Crippen MR) is 100 cm³/mol. The molecule has 0 radical (unpaired) electrons. The summed E-state index contributed by atoms with van der Waals surface area (Å²) >= 11 is 6.13. The van der Waals surface area contributed by atoms with Gasteiger partial charge in [0, 0.05) is 38.0 Å². The number of amides is 2. The van der Waals surface area contributed by atoms with Crippen LogP contribution in [0.5, 0.6) is 0 Å². The molecule has 26 heavy (non-hydrogen) atoms. The van der Waals surface area contributed by atoms with Crippen LogP contribution in [0, 0.1) is 5.82 Å². The molecule has 4 nitrogen and oxygen atoms in total. The first-order valence-electron chi connectivity index (χ1n) is 8.46. The minimum absolute atomic E-state index is 0.107. The van der Waals surface area contributed by atoms with Crippen molar-refractivity contribution in [2.75, 3.05) is 13.1 Å². The van der Waals surface area contributed by atoms with E-state index in [1.54, 1.807) is 23.1 Å². The summed E-state index contributed by atoms with van der Waals surface area (Å²) in [5.74, 6) is -0.512. The van der Waals surface area contributed by atoms with Crippen LogP contribution in [-0.4, -0.2) is 29.8 Å². The molecular weight excluding hydrogens is 355 g/mol. The minimum Gasteiger partial charge on any atom is -0.356 e. The van der Waals surface area contributed by atoms with Gasteiger partial charge in [0.2, 0.25) is 11.8 Å². The molecule has 0 atom stereocenters. The highest BCUT2D eigenvalue weighted by Gasteiger charge is 2.13. The fraction of sp³-hybridized carbons (Fsp3) is 0.300. The second-order valence-electron chi connectivity index (χ2n) is 6.01. The zero-order chi connectivity index (χ0) is 18.9. The van der Waals surface area contributed by atoms with Crippen LogP contribution in [0.2, 0.25) is 5.02 Å². The highest BCUT2D eigenvalue weighted by molar-refractivity contribution is 6.31. The SMILES string of the molecule is CC(=O)N(CCC(=O)NCCc1ccc(F)cc1)Cc1ccccc1Cl. The van der Waals surface area contributed by atoms with Crippen molar-refractivity contribution in [3.8, 4) is 0 Å². The van der Waals surface area contributed by atoms with E-state index in [1.807, 2.05) is 18.2 Å². The van der Waals surface area contributed by atoms with Crippen molar-refractivity contribution < 1.29 is 14.0 Å². The lowest BCUT2D eigenvalue weighted by atomic mass is 10.1. The summed E-state index contributed by atoms with van der Waals surface area (Å²) < 4.78 is 12.8. The molecule has 2 aromatic carbocycles. The van der Waals surface area contributed by atoms with Gasteiger partial charge < -0.3 is 10.2 Å². The molecule has 6 heteroatoms. The van der Waals surface area contributed by atoms with Crippen molar-refractivity contribution in [1.82, 2.24) is 10.2 Å². The fourth-order valence-electron chi connectivity index (χ4n) is 2.50. The summed E-state index contributed by atoms with van der Waals surface area (Å²) in [7, 11) is 0. The molecule has 0 unspecified atom stereocenters. The van der Waals surface area contributed by atoms with Crippen LogP contribution in [0.15, 0.2) is 48.5 Å². The van der Waals surface area contributed by atoms with Crippen LogP contribution in [-0.2, 0) is 22.6 Å². The highest BCUT2D eigenvalue weighted by atomic mass is 35.5. The zero-order valence-electron chi connectivity index (χ0n) is 14.7. The van der Waals surface area contributed by atoms with E-state index in [0.717, 1.165) is 11.1 Å². The van der Waals surface area contributed by atoms with E-state index in [2.05, 4.69) is 5.32 Å². The zero-order valence-corrected chi connectivity index (χ0v) is 15.4. The van der Waals surface area contributed by atoms with Crippen LogP contribution < -0.4 is 5.32 Å². The predicted octanol–water partition coefficient (Wildman–Crippen LogP) is 3.58. The Morgan fingerprint density at radius 2 is 1.81 bits per heavy atom. The van der Waals surface area contributed by atoms with Gasteiger partial charge >= 0.3 is 0 Å². The van der Waals surface area contributed by atoms with Crippen molar-refractivity contribution in [1.29, 1.82) is 0 Å².